The molecular weight excluding hydrogens is 234 g/mol. The predicted octanol–water partition coefficient (Wildman–Crippen LogP) is 1.58. The lowest BCUT2D eigenvalue weighted by Crippen LogP contribution is -2.12. The molecule has 0 saturated heterocycles. The summed E-state index contributed by atoms with van der Waals surface area (Å²) >= 11 is 1.27. The Morgan fingerprint density at radius 1 is 1.41 bits per heavy atom. The molecule has 1 heterocycles. The third-order valence-electron chi connectivity index (χ3n) is 2.32. The van der Waals surface area contributed by atoms with E-state index in [-0.39, 0.29) is 0 Å². The molecule has 0 fully saturated rings. The average Bonchev–Trinajstić information content (AvgIpc) is 2.69. The van der Waals surface area contributed by atoms with Crippen LogP contribution >= 0.6 is 11.8 Å². The SMILES string of the molecule is Cc1ccccc1-c1nnc(SCC#N)n1N. The van der Waals surface area contributed by atoms with Crippen molar-refractivity contribution in [3.63, 3.8) is 0 Å². The number of nitriles is 1. The molecule has 0 saturated carbocycles. The molecule has 1 aromatic carbocycles. The Balaban J connectivity index is 2.38. The first-order valence-corrected chi connectivity index (χ1v) is 5.99. The fourth-order valence-corrected chi connectivity index (χ4v) is 2.00. The van der Waals surface area contributed by atoms with Crippen LogP contribution in [0.5, 0.6) is 0 Å². The molecule has 0 radical (unpaired) electrons. The predicted molar refractivity (Wildman–Crippen MR) is 66.7 cm³/mol. The number of aryl methyl sites for hydroxylation is 1. The van der Waals surface area contributed by atoms with Gasteiger partial charge in [0, 0.05) is 5.56 Å². The molecule has 1 aromatic heterocycles. The maximum atomic E-state index is 8.52. The van der Waals surface area contributed by atoms with Crippen molar-refractivity contribution in [1.82, 2.24) is 14.9 Å². The van der Waals surface area contributed by atoms with Crippen molar-refractivity contribution in [3.05, 3.63) is 29.8 Å². The van der Waals surface area contributed by atoms with Crippen LogP contribution in [-0.2, 0) is 0 Å². The van der Waals surface area contributed by atoms with E-state index in [0.717, 1.165) is 11.1 Å². The van der Waals surface area contributed by atoms with Gasteiger partial charge in [-0.1, -0.05) is 36.0 Å². The molecule has 2 N–H and O–H groups in total. The van der Waals surface area contributed by atoms with Crippen LogP contribution in [0.4, 0.5) is 0 Å². The molecule has 5 nitrogen and oxygen atoms in total. The number of nitrogens with zero attached hydrogens (tertiary/aromatic N) is 4. The van der Waals surface area contributed by atoms with Crippen LogP contribution in [0.25, 0.3) is 11.4 Å². The maximum Gasteiger partial charge on any atom is 0.211 e. The van der Waals surface area contributed by atoms with E-state index < -0.39 is 0 Å². The Bertz CT molecular complexity index is 569. The third kappa shape index (κ3) is 2.24. The van der Waals surface area contributed by atoms with Crippen molar-refractivity contribution in [3.8, 4) is 17.5 Å². The minimum absolute atomic E-state index is 0.309. The molecule has 2 aromatic rings. The van der Waals surface area contributed by atoms with Crippen molar-refractivity contribution < 1.29 is 0 Å². The van der Waals surface area contributed by atoms with E-state index in [1.165, 1.54) is 16.4 Å². The molecule has 0 bridgehead atoms. The number of rotatable bonds is 3. The molecule has 17 heavy (non-hydrogen) atoms. The second kappa shape index (κ2) is 4.89. The molecule has 0 atom stereocenters. The smallest absolute Gasteiger partial charge is 0.211 e. The number of hydrogen-bond acceptors (Lipinski definition) is 5. The summed E-state index contributed by atoms with van der Waals surface area (Å²) in [6.45, 7) is 1.99. The fraction of sp³-hybridized carbons (Fsp3) is 0.182. The van der Waals surface area contributed by atoms with E-state index in [9.17, 15) is 0 Å². The highest BCUT2D eigenvalue weighted by molar-refractivity contribution is 7.99. The van der Waals surface area contributed by atoms with Crippen LogP contribution in [0.1, 0.15) is 5.56 Å². The summed E-state index contributed by atoms with van der Waals surface area (Å²) < 4.78 is 1.42. The molecule has 0 spiro atoms. The standard InChI is InChI=1S/C11H11N5S/c1-8-4-2-3-5-9(8)10-14-15-11(16(10)13)17-7-6-12/h2-5H,7,13H2,1H3. The molecule has 86 valence electrons. The highest BCUT2D eigenvalue weighted by atomic mass is 32.2. The Morgan fingerprint density at radius 3 is 2.88 bits per heavy atom. The molecule has 0 aliphatic heterocycles. The van der Waals surface area contributed by atoms with E-state index in [2.05, 4.69) is 10.2 Å². The molecule has 0 aliphatic rings. The van der Waals surface area contributed by atoms with Crippen LogP contribution in [0.2, 0.25) is 0 Å². The lowest BCUT2D eigenvalue weighted by molar-refractivity contribution is 0.851. The van der Waals surface area contributed by atoms with Crippen LogP contribution < -0.4 is 5.84 Å². The first-order chi connectivity index (χ1) is 8.24. The minimum Gasteiger partial charge on any atom is -0.335 e. The first kappa shape index (κ1) is 11.5. The summed E-state index contributed by atoms with van der Waals surface area (Å²) in [5.41, 5.74) is 2.04. The molecule has 6 heteroatoms. The Labute approximate surface area is 103 Å². The number of aromatic nitrogens is 3. The van der Waals surface area contributed by atoms with Gasteiger partial charge in [-0.3, -0.25) is 0 Å². The van der Waals surface area contributed by atoms with Gasteiger partial charge in [-0.2, -0.15) is 5.26 Å². The monoisotopic (exact) mass is 245 g/mol. The Hall–Kier alpha value is -2.00. The molecular formula is C11H11N5S. The summed E-state index contributed by atoms with van der Waals surface area (Å²) in [6, 6.07) is 9.86. The van der Waals surface area contributed by atoms with Gasteiger partial charge >= 0.3 is 0 Å². The van der Waals surface area contributed by atoms with E-state index in [1.54, 1.807) is 0 Å². The fourth-order valence-electron chi connectivity index (χ4n) is 1.48. The van der Waals surface area contributed by atoms with Crippen molar-refractivity contribution >= 4 is 11.8 Å². The number of hydrogen-bond donors (Lipinski definition) is 1. The summed E-state index contributed by atoms with van der Waals surface area (Å²) in [5.74, 6) is 6.83. The normalized spacial score (nSPS) is 10.1. The second-order valence-corrected chi connectivity index (χ2v) is 4.38. The lowest BCUT2D eigenvalue weighted by atomic mass is 10.1. The quantitative estimate of drug-likeness (QED) is 0.656. The molecule has 0 amide bonds. The van der Waals surface area contributed by atoms with Gasteiger partial charge in [0.2, 0.25) is 5.16 Å². The summed E-state index contributed by atoms with van der Waals surface area (Å²) in [5, 5.41) is 17.1. The van der Waals surface area contributed by atoms with Gasteiger partial charge in [0.1, 0.15) is 0 Å². The summed E-state index contributed by atoms with van der Waals surface area (Å²) in [6.07, 6.45) is 0. The highest BCUT2D eigenvalue weighted by Gasteiger charge is 2.13. The van der Waals surface area contributed by atoms with Gasteiger partial charge in [0.25, 0.3) is 0 Å². The maximum absolute atomic E-state index is 8.52. The number of thioether (sulfide) groups is 1. The topological polar surface area (TPSA) is 80.5 Å². The van der Waals surface area contributed by atoms with E-state index >= 15 is 0 Å². The summed E-state index contributed by atoms with van der Waals surface area (Å²) in [4.78, 5) is 0. The first-order valence-electron chi connectivity index (χ1n) is 5.00. The molecule has 2 rings (SSSR count). The van der Waals surface area contributed by atoms with Crippen LogP contribution in [0, 0.1) is 18.3 Å². The van der Waals surface area contributed by atoms with E-state index in [1.807, 2.05) is 37.3 Å². The zero-order valence-corrected chi connectivity index (χ0v) is 10.1. The van der Waals surface area contributed by atoms with Gasteiger partial charge in [-0.25, -0.2) is 4.68 Å². The zero-order chi connectivity index (χ0) is 12.3. The third-order valence-corrected chi connectivity index (χ3v) is 3.13. The van der Waals surface area contributed by atoms with Crippen molar-refractivity contribution in [2.24, 2.45) is 0 Å². The lowest BCUT2D eigenvalue weighted by Gasteiger charge is -2.04. The largest absolute Gasteiger partial charge is 0.335 e. The Kier molecular flexibility index (Phi) is 3.30. The van der Waals surface area contributed by atoms with E-state index in [4.69, 9.17) is 11.1 Å². The van der Waals surface area contributed by atoms with Gasteiger partial charge in [0.05, 0.1) is 11.8 Å². The van der Waals surface area contributed by atoms with Gasteiger partial charge in [0.15, 0.2) is 5.82 Å². The van der Waals surface area contributed by atoms with Crippen LogP contribution in [-0.4, -0.2) is 20.6 Å². The van der Waals surface area contributed by atoms with Crippen LogP contribution in [0.3, 0.4) is 0 Å². The van der Waals surface area contributed by atoms with Gasteiger partial charge in [-0.05, 0) is 12.5 Å². The van der Waals surface area contributed by atoms with Gasteiger partial charge < -0.3 is 5.84 Å². The van der Waals surface area contributed by atoms with Crippen molar-refractivity contribution in [2.45, 2.75) is 12.1 Å². The molecule has 0 aliphatic carbocycles. The minimum atomic E-state index is 0.309. The Morgan fingerprint density at radius 2 is 2.18 bits per heavy atom. The van der Waals surface area contributed by atoms with Crippen molar-refractivity contribution in [1.29, 1.82) is 5.26 Å². The number of nitrogens with two attached hydrogens (primary N) is 1. The van der Waals surface area contributed by atoms with Gasteiger partial charge in [-0.15, -0.1) is 10.2 Å². The van der Waals surface area contributed by atoms with Crippen LogP contribution in [0.15, 0.2) is 29.4 Å². The zero-order valence-electron chi connectivity index (χ0n) is 9.29. The highest BCUT2D eigenvalue weighted by Crippen LogP contribution is 2.23. The second-order valence-electron chi connectivity index (χ2n) is 3.44. The summed E-state index contributed by atoms with van der Waals surface area (Å²) in [7, 11) is 0. The van der Waals surface area contributed by atoms with E-state index in [0.29, 0.717) is 16.7 Å². The number of nitrogen functional groups attached to an aromatic ring is 1. The molecule has 0 unspecified atom stereocenters. The average molecular weight is 245 g/mol. The van der Waals surface area contributed by atoms with Crippen molar-refractivity contribution in [2.75, 3.05) is 11.6 Å². The number of benzene rings is 1.